The van der Waals surface area contributed by atoms with E-state index in [1.54, 1.807) is 7.11 Å². The van der Waals surface area contributed by atoms with E-state index in [0.29, 0.717) is 12.1 Å². The van der Waals surface area contributed by atoms with Gasteiger partial charge in [0.15, 0.2) is 0 Å². The number of piperidine rings is 1. The number of rotatable bonds is 6. The summed E-state index contributed by atoms with van der Waals surface area (Å²) in [7, 11) is 3.77. The maximum atomic E-state index is 5.25. The molecule has 1 saturated heterocycles. The summed E-state index contributed by atoms with van der Waals surface area (Å²) in [5.74, 6) is 1.85. The van der Waals surface area contributed by atoms with Gasteiger partial charge >= 0.3 is 0 Å². The molecule has 0 saturated carbocycles. The Morgan fingerprint density at radius 3 is 2.33 bits per heavy atom. The summed E-state index contributed by atoms with van der Waals surface area (Å²) in [6.07, 6.45) is 4.02. The molecule has 118 valence electrons. The number of nitrogens with zero attached hydrogens (tertiary/aromatic N) is 1. The van der Waals surface area contributed by atoms with E-state index in [4.69, 9.17) is 4.74 Å². The highest BCUT2D eigenvalue weighted by molar-refractivity contribution is 5.29. The topological polar surface area (TPSA) is 24.5 Å². The number of likely N-dealkylation sites (tertiary alicyclic amines) is 1. The molecule has 0 bridgehead atoms. The first-order valence-electron chi connectivity index (χ1n) is 8.24. The minimum atomic E-state index is 0.370. The smallest absolute Gasteiger partial charge is 0.118 e. The van der Waals surface area contributed by atoms with Gasteiger partial charge in [-0.05, 0) is 63.5 Å². The van der Waals surface area contributed by atoms with Crippen molar-refractivity contribution >= 4 is 0 Å². The van der Waals surface area contributed by atoms with Crippen LogP contribution in [0.15, 0.2) is 24.3 Å². The van der Waals surface area contributed by atoms with E-state index < -0.39 is 0 Å². The molecule has 1 aliphatic rings. The summed E-state index contributed by atoms with van der Waals surface area (Å²) >= 11 is 0. The Kier molecular flexibility index (Phi) is 6.07. The molecule has 1 heterocycles. The van der Waals surface area contributed by atoms with Gasteiger partial charge in [0.25, 0.3) is 0 Å². The van der Waals surface area contributed by atoms with E-state index in [2.05, 4.69) is 55.4 Å². The molecule has 0 radical (unpaired) electrons. The quantitative estimate of drug-likeness (QED) is 0.868. The van der Waals surface area contributed by atoms with Crippen LogP contribution in [0.4, 0.5) is 0 Å². The van der Waals surface area contributed by atoms with E-state index in [0.717, 1.165) is 11.7 Å². The number of hydrogen-bond acceptors (Lipinski definition) is 3. The van der Waals surface area contributed by atoms with Gasteiger partial charge in [-0.15, -0.1) is 0 Å². The van der Waals surface area contributed by atoms with Crippen LogP contribution in [0.25, 0.3) is 0 Å². The molecular weight excluding hydrogens is 260 g/mol. The Hall–Kier alpha value is -1.06. The van der Waals surface area contributed by atoms with Crippen LogP contribution in [0.2, 0.25) is 0 Å². The van der Waals surface area contributed by atoms with Crippen LogP contribution in [-0.2, 0) is 0 Å². The van der Waals surface area contributed by atoms with Crippen molar-refractivity contribution in [2.24, 2.45) is 5.92 Å². The second-order valence-electron chi connectivity index (χ2n) is 6.17. The minimum absolute atomic E-state index is 0.370. The second-order valence-corrected chi connectivity index (χ2v) is 6.17. The third-order valence-electron chi connectivity index (χ3n) is 5.07. The maximum Gasteiger partial charge on any atom is 0.118 e. The Balaban J connectivity index is 2.02. The van der Waals surface area contributed by atoms with Gasteiger partial charge in [-0.1, -0.05) is 25.5 Å². The first-order valence-corrected chi connectivity index (χ1v) is 8.24. The predicted molar refractivity (Wildman–Crippen MR) is 88.8 cm³/mol. The van der Waals surface area contributed by atoms with Crippen molar-refractivity contribution in [1.82, 2.24) is 10.2 Å². The Labute approximate surface area is 129 Å². The van der Waals surface area contributed by atoms with Crippen LogP contribution in [0.1, 0.15) is 44.7 Å². The van der Waals surface area contributed by atoms with Gasteiger partial charge in [0.2, 0.25) is 0 Å². The number of hydrogen-bond donors (Lipinski definition) is 1. The zero-order valence-corrected chi connectivity index (χ0v) is 13.9. The fourth-order valence-corrected chi connectivity index (χ4v) is 3.48. The van der Waals surface area contributed by atoms with Crippen molar-refractivity contribution in [1.29, 1.82) is 0 Å². The minimum Gasteiger partial charge on any atom is -0.497 e. The summed E-state index contributed by atoms with van der Waals surface area (Å²) < 4.78 is 5.25. The summed E-state index contributed by atoms with van der Waals surface area (Å²) in [6, 6.07) is 9.34. The number of benzene rings is 1. The normalized spacial score (nSPS) is 20.2. The van der Waals surface area contributed by atoms with Crippen LogP contribution in [-0.4, -0.2) is 38.2 Å². The number of nitrogens with one attached hydrogen (secondary N) is 1. The van der Waals surface area contributed by atoms with Gasteiger partial charge in [0, 0.05) is 12.1 Å². The average Bonchev–Trinajstić information content (AvgIpc) is 2.56. The molecule has 2 unspecified atom stereocenters. The van der Waals surface area contributed by atoms with E-state index in [1.807, 2.05) is 0 Å². The van der Waals surface area contributed by atoms with Crippen molar-refractivity contribution in [3.8, 4) is 5.75 Å². The van der Waals surface area contributed by atoms with Gasteiger partial charge in [0.05, 0.1) is 7.11 Å². The fourth-order valence-electron chi connectivity index (χ4n) is 3.48. The maximum absolute atomic E-state index is 5.25. The van der Waals surface area contributed by atoms with E-state index in [9.17, 15) is 0 Å². The summed E-state index contributed by atoms with van der Waals surface area (Å²) in [4.78, 5) is 2.64. The zero-order chi connectivity index (χ0) is 15.2. The highest BCUT2D eigenvalue weighted by Gasteiger charge is 2.27. The molecule has 0 aromatic heterocycles. The van der Waals surface area contributed by atoms with Gasteiger partial charge in [0.1, 0.15) is 5.75 Å². The third-order valence-corrected chi connectivity index (χ3v) is 5.07. The van der Waals surface area contributed by atoms with E-state index >= 15 is 0 Å². The van der Waals surface area contributed by atoms with Crippen LogP contribution in [0.5, 0.6) is 5.75 Å². The fraction of sp³-hybridized carbons (Fsp3) is 0.667. The summed E-state index contributed by atoms with van der Waals surface area (Å²) in [6.45, 7) is 7.12. The molecule has 2 rings (SSSR count). The molecule has 0 amide bonds. The standard InChI is InChI=1S/C18H30N2O/c1-5-15-10-12-20(13-11-15)14(2)18(19-3)16-6-8-17(21-4)9-7-16/h6-9,14-15,18-19H,5,10-13H2,1-4H3. The molecule has 1 aliphatic heterocycles. The lowest BCUT2D eigenvalue weighted by molar-refractivity contribution is 0.116. The first-order chi connectivity index (χ1) is 10.2. The van der Waals surface area contributed by atoms with Crippen LogP contribution >= 0.6 is 0 Å². The molecule has 1 aromatic carbocycles. The van der Waals surface area contributed by atoms with Crippen molar-refractivity contribution < 1.29 is 4.74 Å². The predicted octanol–water partition coefficient (Wildman–Crippen LogP) is 3.47. The Morgan fingerprint density at radius 1 is 1.24 bits per heavy atom. The average molecular weight is 290 g/mol. The Morgan fingerprint density at radius 2 is 1.86 bits per heavy atom. The molecule has 1 N–H and O–H groups in total. The summed E-state index contributed by atoms with van der Waals surface area (Å²) in [5.41, 5.74) is 1.34. The molecule has 3 heteroatoms. The van der Waals surface area contributed by atoms with Gasteiger partial charge < -0.3 is 10.1 Å². The van der Waals surface area contributed by atoms with Crippen LogP contribution in [0.3, 0.4) is 0 Å². The third kappa shape index (κ3) is 3.98. The van der Waals surface area contributed by atoms with Gasteiger partial charge in [-0.25, -0.2) is 0 Å². The summed E-state index contributed by atoms with van der Waals surface area (Å²) in [5, 5.41) is 3.50. The molecule has 21 heavy (non-hydrogen) atoms. The van der Waals surface area contributed by atoms with Crippen molar-refractivity contribution in [2.45, 2.75) is 45.2 Å². The first kappa shape index (κ1) is 16.3. The van der Waals surface area contributed by atoms with Crippen LogP contribution in [0, 0.1) is 5.92 Å². The number of ether oxygens (including phenoxy) is 1. The lowest BCUT2D eigenvalue weighted by Crippen LogP contribution is -2.45. The highest BCUT2D eigenvalue weighted by Crippen LogP contribution is 2.27. The Bertz CT molecular complexity index is 410. The van der Waals surface area contributed by atoms with Crippen molar-refractivity contribution in [2.75, 3.05) is 27.2 Å². The number of likely N-dealkylation sites (N-methyl/N-ethyl adjacent to an activating group) is 1. The molecule has 1 fully saturated rings. The molecular formula is C18H30N2O. The second kappa shape index (κ2) is 7.81. The van der Waals surface area contributed by atoms with Gasteiger partial charge in [-0.2, -0.15) is 0 Å². The monoisotopic (exact) mass is 290 g/mol. The van der Waals surface area contributed by atoms with Crippen LogP contribution < -0.4 is 10.1 Å². The lowest BCUT2D eigenvalue weighted by Gasteiger charge is -2.39. The molecule has 2 atom stereocenters. The largest absolute Gasteiger partial charge is 0.497 e. The van der Waals surface area contributed by atoms with Gasteiger partial charge in [-0.3, -0.25) is 4.90 Å². The molecule has 3 nitrogen and oxygen atoms in total. The highest BCUT2D eigenvalue weighted by atomic mass is 16.5. The molecule has 0 spiro atoms. The number of methoxy groups -OCH3 is 1. The molecule has 1 aromatic rings. The lowest BCUT2D eigenvalue weighted by atomic mass is 9.91. The van der Waals surface area contributed by atoms with E-state index in [1.165, 1.54) is 37.9 Å². The van der Waals surface area contributed by atoms with Crippen molar-refractivity contribution in [3.63, 3.8) is 0 Å². The SMILES string of the molecule is CCC1CCN(C(C)C(NC)c2ccc(OC)cc2)CC1. The van der Waals surface area contributed by atoms with Crippen molar-refractivity contribution in [3.05, 3.63) is 29.8 Å². The zero-order valence-electron chi connectivity index (χ0n) is 13.9. The molecule has 0 aliphatic carbocycles. The van der Waals surface area contributed by atoms with E-state index in [-0.39, 0.29) is 0 Å².